The lowest BCUT2D eigenvalue weighted by atomic mass is 10.2. The molecule has 0 spiro atoms. The van der Waals surface area contributed by atoms with Crippen LogP contribution in [0.25, 0.3) is 0 Å². The smallest absolute Gasteiger partial charge is 0.276 e. The van der Waals surface area contributed by atoms with Crippen molar-refractivity contribution in [3.05, 3.63) is 51.4 Å². The first kappa shape index (κ1) is 14.1. The third-order valence-corrected chi connectivity index (χ3v) is 2.84. The van der Waals surface area contributed by atoms with E-state index in [1.807, 2.05) is 19.0 Å². The topological polar surface area (TPSA) is 78.1 Å². The van der Waals surface area contributed by atoms with Crippen molar-refractivity contribution in [3.8, 4) is 0 Å². The van der Waals surface area contributed by atoms with Crippen LogP contribution in [0.15, 0.2) is 35.1 Å². The van der Waals surface area contributed by atoms with Crippen molar-refractivity contribution in [3.63, 3.8) is 0 Å². The number of halogens is 1. The minimum absolute atomic E-state index is 0.120. The molecule has 2 rings (SSSR count). The van der Waals surface area contributed by atoms with Crippen molar-refractivity contribution in [1.29, 1.82) is 0 Å². The number of carbonyl (C=O) groups is 1. The molecule has 0 saturated carbocycles. The monoisotopic (exact) mass is 292 g/mol. The summed E-state index contributed by atoms with van der Waals surface area (Å²) in [6.45, 7) is 0. The SMILES string of the molecule is CN(C)c1ccc(Cl)cc1NC(=O)c1ccc(=O)[nH]n1. The largest absolute Gasteiger partial charge is 0.376 e. The van der Waals surface area contributed by atoms with E-state index in [-0.39, 0.29) is 11.3 Å². The minimum Gasteiger partial charge on any atom is -0.376 e. The molecule has 0 aliphatic rings. The van der Waals surface area contributed by atoms with Crippen LogP contribution in [0.2, 0.25) is 5.02 Å². The molecule has 0 bridgehead atoms. The zero-order chi connectivity index (χ0) is 14.7. The summed E-state index contributed by atoms with van der Waals surface area (Å²) < 4.78 is 0. The summed E-state index contributed by atoms with van der Waals surface area (Å²) in [5.41, 5.74) is 1.14. The van der Waals surface area contributed by atoms with Crippen LogP contribution in [-0.2, 0) is 0 Å². The summed E-state index contributed by atoms with van der Waals surface area (Å²) in [5.74, 6) is -0.424. The van der Waals surface area contributed by atoms with Crippen LogP contribution in [0.3, 0.4) is 0 Å². The molecule has 7 heteroatoms. The van der Waals surface area contributed by atoms with Crippen molar-refractivity contribution >= 4 is 28.9 Å². The molecule has 1 amide bonds. The number of nitrogens with zero attached hydrogens (tertiary/aromatic N) is 2. The highest BCUT2D eigenvalue weighted by Gasteiger charge is 2.12. The maximum absolute atomic E-state index is 12.1. The minimum atomic E-state index is -0.424. The maximum atomic E-state index is 12.1. The first-order valence-electron chi connectivity index (χ1n) is 5.81. The molecule has 0 aliphatic carbocycles. The molecule has 6 nitrogen and oxygen atoms in total. The lowest BCUT2D eigenvalue weighted by Gasteiger charge is -2.18. The first-order valence-corrected chi connectivity index (χ1v) is 6.19. The standard InChI is InChI=1S/C13H13ClN4O2/c1-18(2)11-5-3-8(14)7-10(11)15-13(20)9-4-6-12(19)17-16-9/h3-7H,1-2H3,(H,15,20)(H,17,19). The van der Waals surface area contributed by atoms with E-state index in [9.17, 15) is 9.59 Å². The molecule has 0 radical (unpaired) electrons. The maximum Gasteiger partial charge on any atom is 0.276 e. The van der Waals surface area contributed by atoms with E-state index < -0.39 is 5.91 Å². The molecular formula is C13H13ClN4O2. The van der Waals surface area contributed by atoms with Crippen LogP contribution >= 0.6 is 11.6 Å². The van der Waals surface area contributed by atoms with Crippen molar-refractivity contribution < 1.29 is 4.79 Å². The Hall–Kier alpha value is -2.34. The normalized spacial score (nSPS) is 10.2. The van der Waals surface area contributed by atoms with Gasteiger partial charge >= 0.3 is 0 Å². The number of H-pyrrole nitrogens is 1. The van der Waals surface area contributed by atoms with Gasteiger partial charge in [-0.3, -0.25) is 9.59 Å². The fraction of sp³-hybridized carbons (Fsp3) is 0.154. The Balaban J connectivity index is 2.29. The van der Waals surface area contributed by atoms with E-state index in [0.29, 0.717) is 10.7 Å². The Morgan fingerprint density at radius 2 is 2.05 bits per heavy atom. The number of carbonyl (C=O) groups excluding carboxylic acids is 1. The number of hydrogen-bond donors (Lipinski definition) is 2. The molecule has 2 N–H and O–H groups in total. The van der Waals surface area contributed by atoms with E-state index in [2.05, 4.69) is 15.5 Å². The Morgan fingerprint density at radius 3 is 2.65 bits per heavy atom. The van der Waals surface area contributed by atoms with E-state index in [1.165, 1.54) is 12.1 Å². The number of amides is 1. The number of aromatic nitrogens is 2. The lowest BCUT2D eigenvalue weighted by Crippen LogP contribution is -2.19. The van der Waals surface area contributed by atoms with Gasteiger partial charge in [0, 0.05) is 25.2 Å². The first-order chi connectivity index (χ1) is 9.47. The van der Waals surface area contributed by atoms with E-state index in [1.54, 1.807) is 18.2 Å². The van der Waals surface area contributed by atoms with Crippen LogP contribution in [0.1, 0.15) is 10.5 Å². The van der Waals surface area contributed by atoms with Gasteiger partial charge in [-0.05, 0) is 24.3 Å². The third-order valence-electron chi connectivity index (χ3n) is 2.60. The molecule has 0 saturated heterocycles. The van der Waals surface area contributed by atoms with Gasteiger partial charge in [0.2, 0.25) is 0 Å². The van der Waals surface area contributed by atoms with Crippen molar-refractivity contribution in [2.45, 2.75) is 0 Å². The fourth-order valence-corrected chi connectivity index (χ4v) is 1.83. The lowest BCUT2D eigenvalue weighted by molar-refractivity contribution is 0.102. The highest BCUT2D eigenvalue weighted by Crippen LogP contribution is 2.28. The van der Waals surface area contributed by atoms with Crippen molar-refractivity contribution in [1.82, 2.24) is 10.2 Å². The second-order valence-corrected chi connectivity index (χ2v) is 4.75. The van der Waals surface area contributed by atoms with Gasteiger partial charge in [0.1, 0.15) is 5.69 Å². The third kappa shape index (κ3) is 3.16. The van der Waals surface area contributed by atoms with Gasteiger partial charge in [0.25, 0.3) is 11.5 Å². The number of rotatable bonds is 3. The second kappa shape index (κ2) is 5.75. The molecule has 20 heavy (non-hydrogen) atoms. The molecular weight excluding hydrogens is 280 g/mol. The Kier molecular flexibility index (Phi) is 4.05. The Morgan fingerprint density at radius 1 is 1.30 bits per heavy atom. The van der Waals surface area contributed by atoms with Gasteiger partial charge in [0.05, 0.1) is 11.4 Å². The van der Waals surface area contributed by atoms with Gasteiger partial charge < -0.3 is 10.2 Å². The Bertz CT molecular complexity index is 677. The molecule has 0 atom stereocenters. The van der Waals surface area contributed by atoms with E-state index >= 15 is 0 Å². The van der Waals surface area contributed by atoms with Gasteiger partial charge in [-0.15, -0.1) is 0 Å². The van der Waals surface area contributed by atoms with Gasteiger partial charge in [0.15, 0.2) is 0 Å². The van der Waals surface area contributed by atoms with Gasteiger partial charge in [-0.2, -0.15) is 5.10 Å². The summed E-state index contributed by atoms with van der Waals surface area (Å²) in [4.78, 5) is 24.8. The number of aromatic amines is 1. The zero-order valence-corrected chi connectivity index (χ0v) is 11.7. The summed E-state index contributed by atoms with van der Waals surface area (Å²) in [7, 11) is 3.72. The zero-order valence-electron chi connectivity index (χ0n) is 11.0. The molecule has 1 aromatic heterocycles. The molecule has 1 aromatic carbocycles. The molecule has 1 heterocycles. The summed E-state index contributed by atoms with van der Waals surface area (Å²) >= 11 is 5.94. The van der Waals surface area contributed by atoms with E-state index in [4.69, 9.17) is 11.6 Å². The quantitative estimate of drug-likeness (QED) is 0.903. The van der Waals surface area contributed by atoms with Crippen LogP contribution in [0, 0.1) is 0 Å². The highest BCUT2D eigenvalue weighted by molar-refractivity contribution is 6.31. The predicted molar refractivity (Wildman–Crippen MR) is 78.6 cm³/mol. The van der Waals surface area contributed by atoms with E-state index in [0.717, 1.165) is 5.69 Å². The van der Waals surface area contributed by atoms with Crippen molar-refractivity contribution in [2.24, 2.45) is 0 Å². The number of anilines is 2. The fourth-order valence-electron chi connectivity index (χ4n) is 1.66. The van der Waals surface area contributed by atoms with Crippen LogP contribution in [0.4, 0.5) is 11.4 Å². The van der Waals surface area contributed by atoms with Crippen LogP contribution in [0.5, 0.6) is 0 Å². The van der Waals surface area contributed by atoms with Crippen LogP contribution < -0.4 is 15.8 Å². The second-order valence-electron chi connectivity index (χ2n) is 4.32. The summed E-state index contributed by atoms with van der Waals surface area (Å²) in [6, 6.07) is 7.80. The molecule has 0 unspecified atom stereocenters. The van der Waals surface area contributed by atoms with Crippen LogP contribution in [-0.4, -0.2) is 30.2 Å². The van der Waals surface area contributed by atoms with Crippen molar-refractivity contribution in [2.75, 3.05) is 24.3 Å². The highest BCUT2D eigenvalue weighted by atomic mass is 35.5. The summed E-state index contributed by atoms with van der Waals surface area (Å²) in [5, 5.41) is 9.12. The van der Waals surface area contributed by atoms with Gasteiger partial charge in [-0.1, -0.05) is 11.6 Å². The average Bonchev–Trinajstić information content (AvgIpc) is 2.39. The molecule has 0 aliphatic heterocycles. The molecule has 104 valence electrons. The number of benzene rings is 1. The number of nitrogens with one attached hydrogen (secondary N) is 2. The number of hydrogen-bond acceptors (Lipinski definition) is 4. The molecule has 2 aromatic rings. The van der Waals surface area contributed by atoms with Gasteiger partial charge in [-0.25, -0.2) is 5.10 Å². The average molecular weight is 293 g/mol. The predicted octanol–water partition coefficient (Wildman–Crippen LogP) is 1.74. The Labute approximate surface area is 120 Å². The summed E-state index contributed by atoms with van der Waals surface area (Å²) in [6.07, 6.45) is 0. The molecule has 0 fully saturated rings.